The lowest BCUT2D eigenvalue weighted by atomic mass is 10.0. The lowest BCUT2D eigenvalue weighted by molar-refractivity contribution is -0.192. The van der Waals surface area contributed by atoms with Crippen LogP contribution in [0.1, 0.15) is 43.6 Å². The van der Waals surface area contributed by atoms with Gasteiger partial charge in [0.15, 0.2) is 0 Å². The Labute approximate surface area is 184 Å². The number of aliphatic carboxylic acids is 1. The summed E-state index contributed by atoms with van der Waals surface area (Å²) in [4.78, 5) is 23.9. The SMILES string of the molecule is O=C(CC1CN(C2CCCC2)Cc2cccn2C1)NCc1ccco1.O=C(O)C(F)(F)F. The minimum Gasteiger partial charge on any atom is -0.475 e. The van der Waals surface area contributed by atoms with Crippen LogP contribution in [0, 0.1) is 5.92 Å². The van der Waals surface area contributed by atoms with Gasteiger partial charge in [-0.2, -0.15) is 13.2 Å². The van der Waals surface area contributed by atoms with Crippen molar-refractivity contribution in [3.63, 3.8) is 0 Å². The van der Waals surface area contributed by atoms with Gasteiger partial charge in [-0.1, -0.05) is 12.8 Å². The molecule has 0 radical (unpaired) electrons. The Balaban J connectivity index is 0.000000360. The predicted molar refractivity (Wildman–Crippen MR) is 109 cm³/mol. The molecule has 0 saturated heterocycles. The van der Waals surface area contributed by atoms with Crippen LogP contribution >= 0.6 is 0 Å². The quantitative estimate of drug-likeness (QED) is 0.716. The average Bonchev–Trinajstić information content (AvgIpc) is 3.48. The van der Waals surface area contributed by atoms with E-state index in [0.29, 0.717) is 24.9 Å². The zero-order valence-electron chi connectivity index (χ0n) is 17.7. The van der Waals surface area contributed by atoms with Crippen molar-refractivity contribution in [3.8, 4) is 0 Å². The third-order valence-electron chi connectivity index (χ3n) is 5.83. The molecule has 1 saturated carbocycles. The first-order valence-electron chi connectivity index (χ1n) is 10.7. The molecule has 1 aliphatic heterocycles. The molecular weight excluding hydrogens is 427 g/mol. The minimum atomic E-state index is -5.08. The molecule has 1 fully saturated rings. The third kappa shape index (κ3) is 6.88. The number of halogens is 3. The van der Waals surface area contributed by atoms with E-state index < -0.39 is 12.1 Å². The fraction of sp³-hybridized carbons (Fsp3) is 0.545. The molecule has 2 aromatic heterocycles. The summed E-state index contributed by atoms with van der Waals surface area (Å²) in [6.07, 6.45) is 4.58. The van der Waals surface area contributed by atoms with Crippen LogP contribution in [0.15, 0.2) is 41.1 Å². The molecule has 10 heteroatoms. The minimum absolute atomic E-state index is 0.114. The van der Waals surface area contributed by atoms with Crippen LogP contribution in [0.3, 0.4) is 0 Å². The molecule has 1 aliphatic carbocycles. The Morgan fingerprint density at radius 2 is 1.88 bits per heavy atom. The van der Waals surface area contributed by atoms with Crippen LogP contribution in [-0.4, -0.2) is 45.2 Å². The smallest absolute Gasteiger partial charge is 0.475 e. The number of hydrogen-bond acceptors (Lipinski definition) is 4. The summed E-state index contributed by atoms with van der Waals surface area (Å²) < 4.78 is 39.4. The Morgan fingerprint density at radius 3 is 2.50 bits per heavy atom. The lowest BCUT2D eigenvalue weighted by Gasteiger charge is -2.29. The lowest BCUT2D eigenvalue weighted by Crippen LogP contribution is -2.37. The number of hydrogen-bond donors (Lipinski definition) is 2. The van der Waals surface area contributed by atoms with Gasteiger partial charge in [-0.05, 0) is 43.0 Å². The molecule has 3 heterocycles. The van der Waals surface area contributed by atoms with Crippen LogP contribution in [0.2, 0.25) is 0 Å². The molecule has 0 bridgehead atoms. The molecule has 1 amide bonds. The highest BCUT2D eigenvalue weighted by Gasteiger charge is 2.38. The molecule has 2 aliphatic rings. The van der Waals surface area contributed by atoms with Crippen molar-refractivity contribution in [2.45, 2.75) is 64.0 Å². The molecule has 32 heavy (non-hydrogen) atoms. The van der Waals surface area contributed by atoms with Gasteiger partial charge in [-0.25, -0.2) is 4.79 Å². The van der Waals surface area contributed by atoms with Crippen molar-refractivity contribution < 1.29 is 32.3 Å². The second kappa shape index (κ2) is 10.7. The van der Waals surface area contributed by atoms with Crippen LogP contribution < -0.4 is 5.32 Å². The number of fused-ring (bicyclic) bond motifs is 1. The topological polar surface area (TPSA) is 87.7 Å². The number of rotatable bonds is 5. The van der Waals surface area contributed by atoms with E-state index in [2.05, 4.69) is 33.1 Å². The summed E-state index contributed by atoms with van der Waals surface area (Å²) in [7, 11) is 0. The number of carbonyl (C=O) groups excluding carboxylic acids is 1. The normalized spacial score (nSPS) is 19.5. The molecule has 0 aromatic carbocycles. The molecule has 2 aromatic rings. The fourth-order valence-electron chi connectivity index (χ4n) is 4.32. The second-order valence-corrected chi connectivity index (χ2v) is 8.25. The first kappa shape index (κ1) is 23.9. The van der Waals surface area contributed by atoms with Crippen molar-refractivity contribution in [2.75, 3.05) is 6.54 Å². The van der Waals surface area contributed by atoms with Crippen LogP contribution in [-0.2, 0) is 29.2 Å². The van der Waals surface area contributed by atoms with Crippen molar-refractivity contribution in [1.29, 1.82) is 0 Å². The highest BCUT2D eigenvalue weighted by molar-refractivity contribution is 5.76. The van der Waals surface area contributed by atoms with E-state index in [1.54, 1.807) is 6.26 Å². The first-order valence-corrected chi connectivity index (χ1v) is 10.7. The van der Waals surface area contributed by atoms with E-state index in [9.17, 15) is 18.0 Å². The summed E-state index contributed by atoms with van der Waals surface area (Å²) in [5, 5.41) is 10.1. The summed E-state index contributed by atoms with van der Waals surface area (Å²) in [6, 6.07) is 8.78. The molecule has 0 spiro atoms. The van der Waals surface area contributed by atoms with E-state index in [4.69, 9.17) is 14.3 Å². The molecule has 176 valence electrons. The van der Waals surface area contributed by atoms with E-state index in [1.807, 2.05) is 12.1 Å². The first-order chi connectivity index (χ1) is 15.2. The Morgan fingerprint density at radius 1 is 1.16 bits per heavy atom. The van der Waals surface area contributed by atoms with E-state index in [-0.39, 0.29) is 5.91 Å². The summed E-state index contributed by atoms with van der Waals surface area (Å²) in [5.41, 5.74) is 1.38. The van der Waals surface area contributed by atoms with E-state index >= 15 is 0 Å². The summed E-state index contributed by atoms with van der Waals surface area (Å²) in [5.74, 6) is -1.49. The Bertz CT molecular complexity index is 873. The van der Waals surface area contributed by atoms with Gasteiger partial charge >= 0.3 is 12.1 Å². The number of amides is 1. The summed E-state index contributed by atoms with van der Waals surface area (Å²) >= 11 is 0. The highest BCUT2D eigenvalue weighted by atomic mass is 19.4. The predicted octanol–water partition coefficient (Wildman–Crippen LogP) is 3.80. The largest absolute Gasteiger partial charge is 0.490 e. The molecule has 1 atom stereocenters. The van der Waals surface area contributed by atoms with Gasteiger partial charge in [0, 0.05) is 44.0 Å². The van der Waals surface area contributed by atoms with Gasteiger partial charge in [0.2, 0.25) is 5.91 Å². The maximum absolute atomic E-state index is 12.4. The second-order valence-electron chi connectivity index (χ2n) is 8.25. The molecule has 2 N–H and O–H groups in total. The number of nitrogens with one attached hydrogen (secondary N) is 1. The number of aromatic nitrogens is 1. The van der Waals surface area contributed by atoms with Crippen LogP contribution in [0.25, 0.3) is 0 Å². The maximum atomic E-state index is 12.4. The Hall–Kier alpha value is -2.75. The summed E-state index contributed by atoms with van der Waals surface area (Å²) in [6.45, 7) is 3.43. The van der Waals surface area contributed by atoms with Crippen LogP contribution in [0.4, 0.5) is 13.2 Å². The van der Waals surface area contributed by atoms with Crippen LogP contribution in [0.5, 0.6) is 0 Å². The number of alkyl halides is 3. The van der Waals surface area contributed by atoms with Gasteiger partial charge in [0.05, 0.1) is 12.8 Å². The van der Waals surface area contributed by atoms with Crippen molar-refractivity contribution >= 4 is 11.9 Å². The van der Waals surface area contributed by atoms with Crippen molar-refractivity contribution in [2.24, 2.45) is 5.92 Å². The monoisotopic (exact) mass is 455 g/mol. The van der Waals surface area contributed by atoms with Crippen molar-refractivity contribution in [1.82, 2.24) is 14.8 Å². The molecular formula is C22H28F3N3O4. The van der Waals surface area contributed by atoms with Gasteiger partial charge in [0.1, 0.15) is 5.76 Å². The van der Waals surface area contributed by atoms with Gasteiger partial charge in [-0.15, -0.1) is 0 Å². The molecule has 7 nitrogen and oxygen atoms in total. The highest BCUT2D eigenvalue weighted by Crippen LogP contribution is 2.29. The molecule has 1 unspecified atom stereocenters. The Kier molecular flexibility index (Phi) is 8.00. The molecule has 4 rings (SSSR count). The number of furan rings is 1. The maximum Gasteiger partial charge on any atom is 0.490 e. The standard InChI is InChI=1S/C20H27N3O2.C2HF3O2/c24-20(21-12-19-8-4-10-25-19)11-16-13-22-9-3-7-18(22)15-23(14-16)17-5-1-2-6-17;3-2(4,5)1(6)7/h3-4,7-10,16-17H,1-2,5-6,11-15H2,(H,21,24);(H,6,7). The number of carboxylic acids is 1. The fourth-order valence-corrected chi connectivity index (χ4v) is 4.32. The number of carbonyl (C=O) groups is 2. The van der Waals surface area contributed by atoms with Gasteiger partial charge < -0.3 is 19.4 Å². The van der Waals surface area contributed by atoms with Gasteiger partial charge in [-0.3, -0.25) is 9.69 Å². The van der Waals surface area contributed by atoms with Crippen molar-refractivity contribution in [3.05, 3.63) is 48.2 Å². The van der Waals surface area contributed by atoms with E-state index in [1.165, 1.54) is 31.4 Å². The van der Waals surface area contributed by atoms with Gasteiger partial charge in [0.25, 0.3) is 0 Å². The average molecular weight is 455 g/mol. The number of nitrogens with zero attached hydrogens (tertiary/aromatic N) is 2. The zero-order chi connectivity index (χ0) is 23.1. The number of carboxylic acid groups (broad SMARTS) is 1. The van der Waals surface area contributed by atoms with E-state index in [0.717, 1.165) is 25.4 Å². The third-order valence-corrected chi connectivity index (χ3v) is 5.83. The zero-order valence-corrected chi connectivity index (χ0v) is 17.7.